The van der Waals surface area contributed by atoms with Crippen LogP contribution in [0.2, 0.25) is 10.0 Å². The van der Waals surface area contributed by atoms with E-state index in [0.29, 0.717) is 27.7 Å². The number of benzene rings is 1. The number of aromatic nitrogens is 4. The molecule has 1 aliphatic rings. The minimum Gasteiger partial charge on any atom is -0.480 e. The van der Waals surface area contributed by atoms with Crippen molar-refractivity contribution in [3.8, 4) is 29.2 Å². The maximum Gasteiger partial charge on any atom is 0.319 e. The number of carbonyl (C=O) groups excluding carboxylic acids is 1. The number of halogens is 2. The number of hydrogen-bond donors (Lipinski definition) is 0. The van der Waals surface area contributed by atoms with Crippen molar-refractivity contribution in [1.82, 2.24) is 19.1 Å². The van der Waals surface area contributed by atoms with Crippen molar-refractivity contribution in [2.75, 3.05) is 19.1 Å². The van der Waals surface area contributed by atoms with Crippen LogP contribution in [0.1, 0.15) is 53.1 Å². The quantitative estimate of drug-likeness (QED) is 0.310. The lowest BCUT2D eigenvalue weighted by Gasteiger charge is -2.29. The summed E-state index contributed by atoms with van der Waals surface area (Å²) < 4.78 is 14.0. The van der Waals surface area contributed by atoms with Crippen LogP contribution in [0.15, 0.2) is 47.5 Å². The summed E-state index contributed by atoms with van der Waals surface area (Å²) >= 11 is 12.5. The Morgan fingerprint density at radius 3 is 2.38 bits per heavy atom. The SMILES string of the molecule is COc1ncc(-c2c(C#N)c3c(n2C(C)C)C(c2ccc(Cl)cc2)N(c2cc(Cl)c(=O)n(C)c2)C3=O)c(OC)n1. The number of rotatable bonds is 6. The molecule has 0 N–H and O–H groups in total. The Kier molecular flexibility index (Phi) is 7.04. The molecule has 12 heteroatoms. The Bertz CT molecular complexity index is 1730. The lowest BCUT2D eigenvalue weighted by Crippen LogP contribution is -2.32. The zero-order chi connectivity index (χ0) is 28.9. The van der Waals surface area contributed by atoms with E-state index in [4.69, 9.17) is 32.7 Å². The Balaban J connectivity index is 1.87. The second kappa shape index (κ2) is 10.3. The van der Waals surface area contributed by atoms with Gasteiger partial charge in [-0.05, 0) is 37.6 Å². The molecule has 0 aliphatic carbocycles. The van der Waals surface area contributed by atoms with Crippen LogP contribution in [0.4, 0.5) is 5.69 Å². The number of amides is 1. The van der Waals surface area contributed by atoms with Crippen molar-refractivity contribution < 1.29 is 14.3 Å². The molecule has 40 heavy (non-hydrogen) atoms. The van der Waals surface area contributed by atoms with Crippen LogP contribution in [0.3, 0.4) is 0 Å². The van der Waals surface area contributed by atoms with E-state index in [1.54, 1.807) is 30.3 Å². The molecule has 1 aromatic carbocycles. The van der Waals surface area contributed by atoms with Crippen molar-refractivity contribution in [1.29, 1.82) is 5.26 Å². The Morgan fingerprint density at radius 1 is 1.10 bits per heavy atom. The van der Waals surface area contributed by atoms with E-state index in [1.807, 2.05) is 30.5 Å². The van der Waals surface area contributed by atoms with Gasteiger partial charge in [0.05, 0.1) is 48.0 Å². The number of nitrogens with zero attached hydrogens (tertiary/aromatic N) is 6. The van der Waals surface area contributed by atoms with Gasteiger partial charge in [-0.1, -0.05) is 35.3 Å². The maximum atomic E-state index is 14.3. The van der Waals surface area contributed by atoms with Gasteiger partial charge in [0.25, 0.3) is 11.5 Å². The fourth-order valence-corrected chi connectivity index (χ4v) is 5.51. The van der Waals surface area contributed by atoms with Gasteiger partial charge >= 0.3 is 6.01 Å². The van der Waals surface area contributed by atoms with Gasteiger partial charge in [0.2, 0.25) is 5.88 Å². The predicted molar refractivity (Wildman–Crippen MR) is 150 cm³/mol. The van der Waals surface area contributed by atoms with Crippen LogP contribution >= 0.6 is 23.2 Å². The standard InChI is InChI=1S/C28H24Cl2N6O4/c1-14(2)35-23(19-12-32-28(40-5)33-25(19)39-4)18(11-31)21-24(35)22(15-6-8-16(29)9-7-15)36(27(21)38)17-10-20(30)26(37)34(3)13-17/h6-10,12-14,22H,1-5H3. The zero-order valence-electron chi connectivity index (χ0n) is 22.3. The van der Waals surface area contributed by atoms with Crippen LogP contribution in [-0.4, -0.2) is 39.2 Å². The summed E-state index contributed by atoms with van der Waals surface area (Å²) in [6, 6.07) is 10.1. The molecular formula is C28H24Cl2N6O4. The van der Waals surface area contributed by atoms with E-state index >= 15 is 0 Å². The molecule has 1 unspecified atom stereocenters. The fourth-order valence-electron chi connectivity index (χ4n) is 5.13. The summed E-state index contributed by atoms with van der Waals surface area (Å²) in [5, 5.41) is 11.0. The smallest absolute Gasteiger partial charge is 0.319 e. The van der Waals surface area contributed by atoms with E-state index in [1.165, 1.54) is 31.0 Å². The molecule has 3 aromatic heterocycles. The van der Waals surface area contributed by atoms with E-state index < -0.39 is 17.5 Å². The molecule has 10 nitrogen and oxygen atoms in total. The minimum absolute atomic E-state index is 0.0349. The number of pyridine rings is 1. The molecule has 1 amide bonds. The van der Waals surface area contributed by atoms with Crippen LogP contribution in [0.5, 0.6) is 11.9 Å². The number of aryl methyl sites for hydroxylation is 1. The van der Waals surface area contributed by atoms with Gasteiger partial charge < -0.3 is 18.6 Å². The third-order valence-electron chi connectivity index (χ3n) is 6.77. The van der Waals surface area contributed by atoms with Gasteiger partial charge in [-0.2, -0.15) is 10.2 Å². The van der Waals surface area contributed by atoms with Crippen LogP contribution in [0, 0.1) is 11.3 Å². The normalized spacial score (nSPS) is 14.4. The van der Waals surface area contributed by atoms with E-state index in [2.05, 4.69) is 16.0 Å². The number of ether oxygens (including phenoxy) is 2. The van der Waals surface area contributed by atoms with Crippen molar-refractivity contribution >= 4 is 34.8 Å². The lowest BCUT2D eigenvalue weighted by molar-refractivity contribution is 0.0993. The molecule has 0 radical (unpaired) electrons. The fraction of sp³-hybridized carbons (Fsp3) is 0.250. The van der Waals surface area contributed by atoms with E-state index in [0.717, 1.165) is 5.56 Å². The van der Waals surface area contributed by atoms with Crippen LogP contribution in [-0.2, 0) is 7.05 Å². The van der Waals surface area contributed by atoms with Gasteiger partial charge in [0.1, 0.15) is 17.1 Å². The van der Waals surface area contributed by atoms with Crippen molar-refractivity contribution in [2.45, 2.75) is 25.9 Å². The average Bonchev–Trinajstić information content (AvgIpc) is 3.43. The molecule has 5 rings (SSSR count). The molecule has 0 saturated carbocycles. The van der Waals surface area contributed by atoms with Gasteiger partial charge in [0.15, 0.2) is 0 Å². The van der Waals surface area contributed by atoms with Crippen LogP contribution in [0.25, 0.3) is 11.3 Å². The average molecular weight is 579 g/mol. The summed E-state index contributed by atoms with van der Waals surface area (Å²) in [6.07, 6.45) is 3.06. The third kappa shape index (κ3) is 4.18. The molecule has 4 heterocycles. The summed E-state index contributed by atoms with van der Waals surface area (Å²) in [5.74, 6) is -0.228. The highest BCUT2D eigenvalue weighted by atomic mass is 35.5. The highest BCUT2D eigenvalue weighted by molar-refractivity contribution is 6.31. The number of carbonyl (C=O) groups is 1. The number of hydrogen-bond acceptors (Lipinski definition) is 7. The Morgan fingerprint density at radius 2 is 1.80 bits per heavy atom. The van der Waals surface area contributed by atoms with Gasteiger partial charge in [0, 0.05) is 30.5 Å². The van der Waals surface area contributed by atoms with E-state index in [-0.39, 0.29) is 34.1 Å². The molecule has 204 valence electrons. The molecule has 4 aromatic rings. The molecule has 0 spiro atoms. The maximum absolute atomic E-state index is 14.3. The summed E-state index contributed by atoms with van der Waals surface area (Å²) in [6.45, 7) is 3.91. The van der Waals surface area contributed by atoms with Crippen molar-refractivity contribution in [3.63, 3.8) is 0 Å². The Hall–Kier alpha value is -4.33. The Labute approximate surface area is 239 Å². The second-order valence-corrected chi connectivity index (χ2v) is 10.3. The largest absolute Gasteiger partial charge is 0.480 e. The van der Waals surface area contributed by atoms with E-state index in [9.17, 15) is 14.9 Å². The highest BCUT2D eigenvalue weighted by Crippen LogP contribution is 2.49. The first kappa shape index (κ1) is 27.2. The first-order chi connectivity index (χ1) is 19.1. The summed E-state index contributed by atoms with van der Waals surface area (Å²) in [5.41, 5.74) is 2.61. The topological polar surface area (TPSA) is 115 Å². The van der Waals surface area contributed by atoms with Gasteiger partial charge in [-0.25, -0.2) is 4.98 Å². The van der Waals surface area contributed by atoms with Crippen LogP contribution < -0.4 is 19.9 Å². The molecular weight excluding hydrogens is 555 g/mol. The summed E-state index contributed by atoms with van der Waals surface area (Å²) in [4.78, 5) is 36.8. The monoisotopic (exact) mass is 578 g/mol. The molecule has 0 fully saturated rings. The third-order valence-corrected chi connectivity index (χ3v) is 7.30. The minimum atomic E-state index is -0.679. The first-order valence-electron chi connectivity index (χ1n) is 12.2. The summed E-state index contributed by atoms with van der Waals surface area (Å²) in [7, 11) is 4.46. The van der Waals surface area contributed by atoms with Gasteiger partial charge in [-0.3, -0.25) is 14.5 Å². The van der Waals surface area contributed by atoms with Gasteiger partial charge in [-0.15, -0.1) is 0 Å². The highest BCUT2D eigenvalue weighted by Gasteiger charge is 2.46. The van der Waals surface area contributed by atoms with Crippen molar-refractivity contribution in [2.24, 2.45) is 7.05 Å². The lowest BCUT2D eigenvalue weighted by atomic mass is 10.0. The number of anilines is 1. The first-order valence-corrected chi connectivity index (χ1v) is 13.0. The predicted octanol–water partition coefficient (Wildman–Crippen LogP) is 5.17. The zero-order valence-corrected chi connectivity index (χ0v) is 23.8. The molecule has 0 bridgehead atoms. The number of methoxy groups -OCH3 is 2. The number of nitriles is 1. The number of fused-ring (bicyclic) bond motifs is 1. The molecule has 1 aliphatic heterocycles. The second-order valence-electron chi connectivity index (χ2n) is 9.43. The van der Waals surface area contributed by atoms with Crippen molar-refractivity contribution in [3.05, 3.63) is 85.5 Å². The molecule has 0 saturated heterocycles. The molecule has 1 atom stereocenters.